The molecule has 24 heavy (non-hydrogen) atoms. The molecule has 4 aliphatic carbocycles. The van der Waals surface area contributed by atoms with Crippen molar-refractivity contribution < 1.29 is 10.3 Å². The molecular weight excluding hydrogens is 298 g/mol. The van der Waals surface area contributed by atoms with E-state index in [4.69, 9.17) is 11.6 Å². The van der Waals surface area contributed by atoms with Crippen LogP contribution in [0.5, 0.6) is 0 Å². The highest BCUT2D eigenvalue weighted by atomic mass is 16.4. The summed E-state index contributed by atoms with van der Waals surface area (Å²) < 4.78 is 0. The van der Waals surface area contributed by atoms with Gasteiger partial charge in [0.25, 0.3) is 0 Å². The molecule has 4 aliphatic rings. The molecule has 130 valence electrons. The summed E-state index contributed by atoms with van der Waals surface area (Å²) in [4.78, 5) is 0. The molecule has 2 N–H and O–H groups in total. The van der Waals surface area contributed by atoms with Crippen molar-refractivity contribution in [1.29, 1.82) is 0 Å². The number of hydrogen-bond acceptors (Lipinski definition) is 3. The number of fused-ring (bicyclic) bond motifs is 5. The second-order valence-electron chi connectivity index (χ2n) is 8.52. The fraction of sp³-hybridized carbons (Fsp3) is 0.762. The van der Waals surface area contributed by atoms with Gasteiger partial charge in [-0.25, -0.2) is 0 Å². The second-order valence-corrected chi connectivity index (χ2v) is 8.52. The van der Waals surface area contributed by atoms with E-state index in [9.17, 15) is 5.11 Å². The summed E-state index contributed by atoms with van der Waals surface area (Å²) in [5.41, 5.74) is 1.40. The standard InChI is InChI=1S/C21H29NO2/c1-3-20-11-9-17-16-8-6-15(22-24)13-14(16)5-7-18(17)19(20)10-12-21(20,23)4-2/h2,13,16-19,23-24H,3,5-12H2,1H3/b22-15+. The summed E-state index contributed by atoms with van der Waals surface area (Å²) in [6.45, 7) is 2.22. The first kappa shape index (κ1) is 16.2. The van der Waals surface area contributed by atoms with Gasteiger partial charge in [-0.15, -0.1) is 6.42 Å². The molecule has 6 unspecified atom stereocenters. The van der Waals surface area contributed by atoms with Crippen LogP contribution in [0, 0.1) is 41.4 Å². The maximum atomic E-state index is 11.1. The lowest BCUT2D eigenvalue weighted by Gasteiger charge is -2.56. The molecule has 3 fully saturated rings. The Balaban J connectivity index is 1.65. The van der Waals surface area contributed by atoms with Crippen LogP contribution in [0.2, 0.25) is 0 Å². The predicted molar refractivity (Wildman–Crippen MR) is 94.7 cm³/mol. The van der Waals surface area contributed by atoms with Crippen molar-refractivity contribution in [2.24, 2.45) is 34.2 Å². The summed E-state index contributed by atoms with van der Waals surface area (Å²) in [5, 5.41) is 23.7. The molecule has 0 bridgehead atoms. The fourth-order valence-corrected chi connectivity index (χ4v) is 7.05. The molecule has 6 atom stereocenters. The molecule has 4 rings (SSSR count). The molecule has 0 spiro atoms. The number of oxime groups is 1. The van der Waals surface area contributed by atoms with Gasteiger partial charge in [-0.05, 0) is 87.5 Å². The van der Waals surface area contributed by atoms with Gasteiger partial charge in [-0.2, -0.15) is 0 Å². The molecule has 0 aliphatic heterocycles. The van der Waals surface area contributed by atoms with E-state index in [-0.39, 0.29) is 5.41 Å². The summed E-state index contributed by atoms with van der Waals surface area (Å²) >= 11 is 0. The summed E-state index contributed by atoms with van der Waals surface area (Å²) in [5.74, 6) is 5.47. The SMILES string of the molecule is C#CC1(O)CCC2C3CCC4=C/C(=N/O)CCC4C3CCC21CC. The first-order valence-electron chi connectivity index (χ1n) is 9.70. The maximum Gasteiger partial charge on any atom is 0.131 e. The minimum Gasteiger partial charge on any atom is -0.411 e. The lowest BCUT2D eigenvalue weighted by atomic mass is 9.49. The minimum atomic E-state index is -0.892. The Morgan fingerprint density at radius 2 is 2.04 bits per heavy atom. The lowest BCUT2D eigenvalue weighted by Crippen LogP contribution is -2.53. The monoisotopic (exact) mass is 327 g/mol. The van der Waals surface area contributed by atoms with Crippen molar-refractivity contribution in [2.45, 2.75) is 70.3 Å². The van der Waals surface area contributed by atoms with E-state index in [2.05, 4.69) is 24.1 Å². The lowest BCUT2D eigenvalue weighted by molar-refractivity contribution is -0.0989. The Morgan fingerprint density at radius 1 is 1.21 bits per heavy atom. The van der Waals surface area contributed by atoms with Gasteiger partial charge in [0.15, 0.2) is 0 Å². The van der Waals surface area contributed by atoms with E-state index in [0.29, 0.717) is 17.8 Å². The number of hydrogen-bond donors (Lipinski definition) is 2. The average Bonchev–Trinajstić information content (AvgIpc) is 2.94. The van der Waals surface area contributed by atoms with Crippen molar-refractivity contribution in [3.8, 4) is 12.3 Å². The van der Waals surface area contributed by atoms with E-state index in [1.807, 2.05) is 0 Å². The number of terminal acetylenes is 1. The molecule has 0 aromatic rings. The zero-order valence-corrected chi connectivity index (χ0v) is 14.7. The number of rotatable bonds is 1. The molecule has 0 saturated heterocycles. The third-order valence-corrected chi connectivity index (χ3v) is 8.16. The average molecular weight is 327 g/mol. The molecule has 3 nitrogen and oxygen atoms in total. The maximum absolute atomic E-state index is 11.1. The zero-order valence-electron chi connectivity index (χ0n) is 14.7. The van der Waals surface area contributed by atoms with Gasteiger partial charge in [-0.3, -0.25) is 0 Å². The highest BCUT2D eigenvalue weighted by Crippen LogP contribution is 2.66. The van der Waals surface area contributed by atoms with Gasteiger partial charge in [-0.1, -0.05) is 23.6 Å². The van der Waals surface area contributed by atoms with Crippen LogP contribution in [-0.4, -0.2) is 21.6 Å². The normalized spacial score (nSPS) is 48.9. The summed E-state index contributed by atoms with van der Waals surface area (Å²) in [7, 11) is 0. The molecule has 0 amide bonds. The first-order valence-corrected chi connectivity index (χ1v) is 9.70. The molecule has 0 heterocycles. The smallest absolute Gasteiger partial charge is 0.131 e. The second kappa shape index (κ2) is 5.63. The van der Waals surface area contributed by atoms with Gasteiger partial charge >= 0.3 is 0 Å². The van der Waals surface area contributed by atoms with Crippen LogP contribution in [0.3, 0.4) is 0 Å². The molecule has 3 heteroatoms. The van der Waals surface area contributed by atoms with Crippen LogP contribution < -0.4 is 0 Å². The Kier molecular flexibility index (Phi) is 3.80. The third kappa shape index (κ3) is 1.99. The van der Waals surface area contributed by atoms with Gasteiger partial charge < -0.3 is 10.3 Å². The molecule has 0 radical (unpaired) electrons. The quantitative estimate of drug-likeness (QED) is 0.432. The van der Waals surface area contributed by atoms with Crippen molar-refractivity contribution in [3.63, 3.8) is 0 Å². The van der Waals surface area contributed by atoms with Crippen molar-refractivity contribution >= 4 is 5.71 Å². The molecule has 0 aromatic carbocycles. The van der Waals surface area contributed by atoms with Crippen molar-refractivity contribution in [1.82, 2.24) is 0 Å². The molecule has 0 aromatic heterocycles. The van der Waals surface area contributed by atoms with E-state index >= 15 is 0 Å². The Hall–Kier alpha value is -1.27. The molecule has 3 saturated carbocycles. The number of nitrogens with zero attached hydrogens (tertiary/aromatic N) is 1. The number of aliphatic hydroxyl groups is 1. The summed E-state index contributed by atoms with van der Waals surface area (Å²) in [6, 6.07) is 0. The number of allylic oxidation sites excluding steroid dienone is 2. The van der Waals surface area contributed by atoms with E-state index in [1.54, 1.807) is 0 Å². The zero-order chi connectivity index (χ0) is 16.9. The largest absolute Gasteiger partial charge is 0.411 e. The van der Waals surface area contributed by atoms with Crippen LogP contribution >= 0.6 is 0 Å². The summed E-state index contributed by atoms with van der Waals surface area (Å²) in [6.07, 6.45) is 17.4. The third-order valence-electron chi connectivity index (χ3n) is 8.16. The Morgan fingerprint density at radius 3 is 2.75 bits per heavy atom. The van der Waals surface area contributed by atoms with Gasteiger partial charge in [0, 0.05) is 5.41 Å². The van der Waals surface area contributed by atoms with E-state index in [0.717, 1.165) is 56.6 Å². The van der Waals surface area contributed by atoms with Crippen LogP contribution in [0.1, 0.15) is 64.7 Å². The Bertz CT molecular complexity index is 630. The van der Waals surface area contributed by atoms with Crippen molar-refractivity contribution in [2.75, 3.05) is 0 Å². The van der Waals surface area contributed by atoms with Crippen LogP contribution in [0.4, 0.5) is 0 Å². The van der Waals surface area contributed by atoms with Crippen LogP contribution in [-0.2, 0) is 0 Å². The molecular formula is C21H29NO2. The predicted octanol–water partition coefficient (Wildman–Crippen LogP) is 4.14. The highest BCUT2D eigenvalue weighted by molar-refractivity contribution is 5.96. The fourth-order valence-electron chi connectivity index (χ4n) is 7.05. The minimum absolute atomic E-state index is 0.0590. The Labute approximate surface area is 145 Å². The van der Waals surface area contributed by atoms with E-state index in [1.165, 1.54) is 18.4 Å². The van der Waals surface area contributed by atoms with Gasteiger partial charge in [0.05, 0.1) is 5.71 Å². The van der Waals surface area contributed by atoms with Gasteiger partial charge in [0.2, 0.25) is 0 Å². The van der Waals surface area contributed by atoms with E-state index < -0.39 is 5.60 Å². The highest BCUT2D eigenvalue weighted by Gasteiger charge is 2.63. The van der Waals surface area contributed by atoms with Crippen LogP contribution in [0.25, 0.3) is 0 Å². The van der Waals surface area contributed by atoms with Crippen LogP contribution in [0.15, 0.2) is 16.8 Å². The van der Waals surface area contributed by atoms with Gasteiger partial charge in [0.1, 0.15) is 5.60 Å². The topological polar surface area (TPSA) is 52.8 Å². The van der Waals surface area contributed by atoms with Crippen molar-refractivity contribution in [3.05, 3.63) is 11.6 Å². The first-order chi connectivity index (χ1) is 11.6.